The Morgan fingerprint density at radius 1 is 1.19 bits per heavy atom. The van der Waals surface area contributed by atoms with Gasteiger partial charge in [0.15, 0.2) is 11.6 Å². The molecule has 1 N–H and O–H groups in total. The van der Waals surface area contributed by atoms with E-state index < -0.39 is 0 Å². The maximum Gasteiger partial charge on any atom is 0.224 e. The van der Waals surface area contributed by atoms with E-state index in [0.29, 0.717) is 18.7 Å². The summed E-state index contributed by atoms with van der Waals surface area (Å²) < 4.78 is 25.3. The van der Waals surface area contributed by atoms with E-state index in [9.17, 15) is 9.18 Å². The van der Waals surface area contributed by atoms with Gasteiger partial charge in [0.25, 0.3) is 0 Å². The molecule has 1 heterocycles. The fraction of sp³-hybridized carbons (Fsp3) is 0.731. The number of ether oxygens (including phenoxy) is 2. The molecule has 4 fully saturated rings. The van der Waals surface area contributed by atoms with Crippen molar-refractivity contribution in [2.24, 2.45) is 23.2 Å². The first kappa shape index (κ1) is 22.1. The number of carbonyl (C=O) groups excluding carboxylic acids is 1. The summed E-state index contributed by atoms with van der Waals surface area (Å²) in [6, 6.07) is 4.66. The number of hydrogen-bond acceptors (Lipinski definition) is 4. The first-order valence-corrected chi connectivity index (χ1v) is 12.6. The lowest BCUT2D eigenvalue weighted by Gasteiger charge is -2.37. The van der Waals surface area contributed by atoms with Crippen molar-refractivity contribution < 1.29 is 18.7 Å². The Kier molecular flexibility index (Phi) is 6.70. The van der Waals surface area contributed by atoms with Gasteiger partial charge in [-0.1, -0.05) is 19.3 Å². The van der Waals surface area contributed by atoms with Crippen LogP contribution in [-0.4, -0.2) is 50.3 Å². The van der Waals surface area contributed by atoms with Gasteiger partial charge in [0.2, 0.25) is 5.91 Å². The van der Waals surface area contributed by atoms with Crippen molar-refractivity contribution in [2.75, 3.05) is 44.8 Å². The van der Waals surface area contributed by atoms with E-state index in [4.69, 9.17) is 9.47 Å². The zero-order chi connectivity index (χ0) is 22.0. The van der Waals surface area contributed by atoms with Gasteiger partial charge in [-0.25, -0.2) is 4.39 Å². The Labute approximate surface area is 191 Å². The zero-order valence-electron chi connectivity index (χ0n) is 19.1. The van der Waals surface area contributed by atoms with Gasteiger partial charge in [0, 0.05) is 37.8 Å². The maximum absolute atomic E-state index is 14.2. The van der Waals surface area contributed by atoms with Gasteiger partial charge in [-0.3, -0.25) is 9.69 Å². The van der Waals surface area contributed by atoms with Crippen LogP contribution in [0.15, 0.2) is 18.2 Å². The van der Waals surface area contributed by atoms with Crippen molar-refractivity contribution in [3.63, 3.8) is 0 Å². The molecular formula is C26H37FN2O3. The second-order valence-electron chi connectivity index (χ2n) is 10.7. The highest BCUT2D eigenvalue weighted by molar-refractivity contribution is 5.91. The molecule has 4 unspecified atom stereocenters. The van der Waals surface area contributed by atoms with Gasteiger partial charge < -0.3 is 14.8 Å². The molecule has 5 nitrogen and oxygen atoms in total. The summed E-state index contributed by atoms with van der Waals surface area (Å²) >= 11 is 0. The van der Waals surface area contributed by atoms with Crippen LogP contribution in [0.4, 0.5) is 10.1 Å². The number of anilines is 1. The Bertz CT molecular complexity index is 808. The average molecular weight is 445 g/mol. The molecule has 176 valence electrons. The van der Waals surface area contributed by atoms with Crippen LogP contribution in [0, 0.1) is 29.0 Å². The van der Waals surface area contributed by atoms with Crippen LogP contribution in [0.5, 0.6) is 5.75 Å². The van der Waals surface area contributed by atoms with Crippen molar-refractivity contribution in [3.05, 3.63) is 24.0 Å². The highest BCUT2D eigenvalue weighted by Crippen LogP contribution is 2.61. The standard InChI is InChI=1S/C26H37FN2O3/c27-23-6-5-22(14-24(23)32-10-2-7-29-8-11-31-12-9-29)28-25(30)18-26-15-19-3-1-4-20(16-26)21(13-19)17-26/h5-6,14,19-21H,1-4,7-13,15-18H2,(H,28,30). The van der Waals surface area contributed by atoms with Crippen LogP contribution in [-0.2, 0) is 9.53 Å². The molecule has 1 aromatic rings. The van der Waals surface area contributed by atoms with Gasteiger partial charge in [-0.05, 0) is 67.4 Å². The number of nitrogens with one attached hydrogen (secondary N) is 1. The molecule has 0 radical (unpaired) electrons. The normalized spacial score (nSPS) is 32.0. The van der Waals surface area contributed by atoms with E-state index in [-0.39, 0.29) is 22.9 Å². The van der Waals surface area contributed by atoms with Crippen molar-refractivity contribution in [2.45, 2.75) is 57.8 Å². The maximum atomic E-state index is 14.2. The average Bonchev–Trinajstić information content (AvgIpc) is 2.93. The first-order chi connectivity index (χ1) is 15.6. The van der Waals surface area contributed by atoms with Crippen molar-refractivity contribution >= 4 is 11.6 Å². The monoisotopic (exact) mass is 444 g/mol. The smallest absolute Gasteiger partial charge is 0.224 e. The zero-order valence-corrected chi connectivity index (χ0v) is 19.1. The van der Waals surface area contributed by atoms with Gasteiger partial charge in [-0.15, -0.1) is 0 Å². The van der Waals surface area contributed by atoms with Crippen molar-refractivity contribution in [1.29, 1.82) is 0 Å². The third kappa shape index (κ3) is 5.12. The number of nitrogens with zero attached hydrogens (tertiary/aromatic N) is 1. The lowest BCUT2D eigenvalue weighted by Crippen LogP contribution is -2.37. The fourth-order valence-electron chi connectivity index (χ4n) is 7.07. The second kappa shape index (κ2) is 9.68. The Hall–Kier alpha value is -1.66. The van der Waals surface area contributed by atoms with E-state index in [1.807, 2.05) is 0 Å². The van der Waals surface area contributed by atoms with Crippen LogP contribution < -0.4 is 10.1 Å². The minimum absolute atomic E-state index is 0.0653. The fourth-order valence-corrected chi connectivity index (χ4v) is 7.07. The van der Waals surface area contributed by atoms with E-state index in [0.717, 1.165) is 57.0 Å². The molecule has 4 aliphatic rings. The minimum Gasteiger partial charge on any atom is -0.490 e. The molecule has 3 saturated carbocycles. The molecule has 1 amide bonds. The molecule has 6 heteroatoms. The molecule has 3 aliphatic carbocycles. The predicted octanol–water partition coefficient (Wildman–Crippen LogP) is 4.86. The topological polar surface area (TPSA) is 50.8 Å². The van der Waals surface area contributed by atoms with E-state index in [2.05, 4.69) is 10.2 Å². The second-order valence-corrected chi connectivity index (χ2v) is 10.7. The van der Waals surface area contributed by atoms with Gasteiger partial charge in [0.05, 0.1) is 19.8 Å². The highest BCUT2D eigenvalue weighted by atomic mass is 19.1. The Morgan fingerprint density at radius 2 is 2.03 bits per heavy atom. The number of rotatable bonds is 8. The number of carbonyl (C=O) groups is 1. The lowest BCUT2D eigenvalue weighted by atomic mass is 9.68. The number of morpholine rings is 1. The van der Waals surface area contributed by atoms with Crippen LogP contribution in [0.3, 0.4) is 0 Å². The molecule has 3 bridgehead atoms. The van der Waals surface area contributed by atoms with E-state index in [1.165, 1.54) is 51.0 Å². The third-order valence-electron chi connectivity index (χ3n) is 8.33. The highest BCUT2D eigenvalue weighted by Gasteiger charge is 2.51. The summed E-state index contributed by atoms with van der Waals surface area (Å²) in [6.45, 7) is 4.83. The molecule has 1 saturated heterocycles. The van der Waals surface area contributed by atoms with Crippen LogP contribution in [0.2, 0.25) is 0 Å². The van der Waals surface area contributed by atoms with Gasteiger partial charge in [0.1, 0.15) is 0 Å². The van der Waals surface area contributed by atoms with Crippen molar-refractivity contribution in [1.82, 2.24) is 4.90 Å². The van der Waals surface area contributed by atoms with Crippen LogP contribution >= 0.6 is 0 Å². The summed E-state index contributed by atoms with van der Waals surface area (Å²) in [4.78, 5) is 15.3. The summed E-state index contributed by atoms with van der Waals surface area (Å²) in [5.74, 6) is 2.39. The molecular weight excluding hydrogens is 407 g/mol. The number of halogens is 1. The van der Waals surface area contributed by atoms with Crippen LogP contribution in [0.25, 0.3) is 0 Å². The molecule has 0 spiro atoms. The summed E-state index contributed by atoms with van der Waals surface area (Å²) in [5, 5.41) is 3.03. The molecule has 5 rings (SSSR count). The molecule has 32 heavy (non-hydrogen) atoms. The number of amides is 1. The largest absolute Gasteiger partial charge is 0.490 e. The summed E-state index contributed by atoms with van der Waals surface area (Å²) in [6.07, 6.45) is 10.6. The SMILES string of the molecule is O=C(CC12CC3CCCC(C1)C(C3)C2)Nc1ccc(F)c(OCCCN2CCOCC2)c1. The number of hydrogen-bond donors (Lipinski definition) is 1. The Morgan fingerprint density at radius 3 is 2.91 bits per heavy atom. The number of benzene rings is 1. The molecule has 1 aliphatic heterocycles. The molecule has 0 aromatic heterocycles. The summed E-state index contributed by atoms with van der Waals surface area (Å²) in [7, 11) is 0. The van der Waals surface area contributed by atoms with E-state index >= 15 is 0 Å². The molecule has 4 atom stereocenters. The quantitative estimate of drug-likeness (QED) is 0.582. The number of fused-ring (bicyclic) bond motifs is 2. The lowest BCUT2D eigenvalue weighted by molar-refractivity contribution is -0.119. The first-order valence-electron chi connectivity index (χ1n) is 12.6. The van der Waals surface area contributed by atoms with E-state index in [1.54, 1.807) is 12.1 Å². The third-order valence-corrected chi connectivity index (χ3v) is 8.33. The molecule has 1 aromatic carbocycles. The Balaban J connectivity index is 1.13. The van der Waals surface area contributed by atoms with Gasteiger partial charge >= 0.3 is 0 Å². The predicted molar refractivity (Wildman–Crippen MR) is 122 cm³/mol. The summed E-state index contributed by atoms with van der Waals surface area (Å²) in [5.41, 5.74) is 0.822. The van der Waals surface area contributed by atoms with Gasteiger partial charge in [-0.2, -0.15) is 0 Å². The van der Waals surface area contributed by atoms with Crippen LogP contribution in [0.1, 0.15) is 57.8 Å². The van der Waals surface area contributed by atoms with Crippen molar-refractivity contribution in [3.8, 4) is 5.75 Å². The minimum atomic E-state index is -0.383.